The number of nitrogens with zero attached hydrogens (tertiary/aromatic N) is 2. The molecule has 0 N–H and O–H groups in total. The molecule has 0 saturated carbocycles. The van der Waals surface area contributed by atoms with Crippen molar-refractivity contribution in [1.82, 2.24) is 9.55 Å². The number of esters is 1. The maximum atomic E-state index is 13.3. The van der Waals surface area contributed by atoms with Gasteiger partial charge in [-0.05, 0) is 56.7 Å². The molecule has 198 valence electrons. The lowest BCUT2D eigenvalue weighted by Crippen LogP contribution is -2.35. The van der Waals surface area contributed by atoms with Crippen molar-refractivity contribution in [3.8, 4) is 27.6 Å². The highest BCUT2D eigenvalue weighted by atomic mass is 35.5. The molecule has 2 aromatic carbocycles. The van der Waals surface area contributed by atoms with Crippen LogP contribution in [0, 0.1) is 0 Å². The van der Waals surface area contributed by atoms with E-state index >= 15 is 0 Å². The molecule has 0 atom stereocenters. The molecular weight excluding hydrogens is 528 g/mol. The molecule has 0 aliphatic carbocycles. The SMILES string of the molecule is COc1cc(-n2cnc3cc(-c4ccc(Cl)cc4)sc3c2=O)ccc1OCC(C)(C)OC(=O)CCC(C)=O. The number of carbonyl (C=O) groups excluding carboxylic acids is 2. The summed E-state index contributed by atoms with van der Waals surface area (Å²) in [6, 6.07) is 14.4. The fraction of sp³-hybridized carbons (Fsp3) is 0.286. The number of aromatic nitrogens is 2. The van der Waals surface area contributed by atoms with Gasteiger partial charge in [-0.15, -0.1) is 11.3 Å². The molecule has 0 fully saturated rings. The molecule has 0 spiro atoms. The Hall–Kier alpha value is -3.69. The maximum Gasteiger partial charge on any atom is 0.306 e. The Morgan fingerprint density at radius 3 is 2.47 bits per heavy atom. The number of thiophene rings is 1. The van der Waals surface area contributed by atoms with Crippen LogP contribution in [-0.2, 0) is 14.3 Å². The van der Waals surface area contributed by atoms with Gasteiger partial charge in [-0.1, -0.05) is 23.7 Å². The van der Waals surface area contributed by atoms with Gasteiger partial charge in [0.2, 0.25) is 0 Å². The molecule has 4 rings (SSSR count). The topological polar surface area (TPSA) is 96.7 Å². The summed E-state index contributed by atoms with van der Waals surface area (Å²) in [5.41, 5.74) is 1.01. The zero-order chi connectivity index (χ0) is 27.4. The Balaban J connectivity index is 1.54. The minimum atomic E-state index is -0.926. The predicted octanol–water partition coefficient (Wildman–Crippen LogP) is 5.85. The fourth-order valence-corrected chi connectivity index (χ4v) is 4.87. The van der Waals surface area contributed by atoms with E-state index in [2.05, 4.69) is 4.98 Å². The first kappa shape index (κ1) is 27.3. The summed E-state index contributed by atoms with van der Waals surface area (Å²) in [6.45, 7) is 4.93. The van der Waals surface area contributed by atoms with E-state index in [4.69, 9.17) is 25.8 Å². The van der Waals surface area contributed by atoms with Crippen LogP contribution in [0.5, 0.6) is 11.5 Å². The van der Waals surface area contributed by atoms with E-state index in [1.54, 1.807) is 32.0 Å². The lowest BCUT2D eigenvalue weighted by Gasteiger charge is -2.25. The minimum Gasteiger partial charge on any atom is -0.493 e. The molecule has 4 aromatic rings. The van der Waals surface area contributed by atoms with Gasteiger partial charge in [0, 0.05) is 22.4 Å². The summed E-state index contributed by atoms with van der Waals surface area (Å²) >= 11 is 7.37. The Morgan fingerprint density at radius 2 is 1.79 bits per heavy atom. The van der Waals surface area contributed by atoms with Crippen LogP contribution in [0.4, 0.5) is 0 Å². The molecule has 10 heteroatoms. The van der Waals surface area contributed by atoms with Gasteiger partial charge in [0.1, 0.15) is 29.0 Å². The van der Waals surface area contributed by atoms with Crippen molar-refractivity contribution in [3.05, 3.63) is 70.2 Å². The first-order valence-corrected chi connectivity index (χ1v) is 13.1. The van der Waals surface area contributed by atoms with Gasteiger partial charge < -0.3 is 19.0 Å². The second-order valence-corrected chi connectivity index (χ2v) is 10.8. The maximum absolute atomic E-state index is 13.3. The number of ether oxygens (including phenoxy) is 3. The summed E-state index contributed by atoms with van der Waals surface area (Å²) in [6.07, 6.45) is 1.65. The third-order valence-corrected chi connectivity index (χ3v) is 7.05. The van der Waals surface area contributed by atoms with Crippen LogP contribution in [0.25, 0.3) is 26.3 Å². The number of Topliss-reactive ketones (excluding diaryl/α,β-unsaturated/α-hetero) is 1. The summed E-state index contributed by atoms with van der Waals surface area (Å²) in [4.78, 5) is 41.9. The molecule has 8 nitrogen and oxygen atoms in total. The van der Waals surface area contributed by atoms with Crippen molar-refractivity contribution in [2.75, 3.05) is 13.7 Å². The predicted molar refractivity (Wildman–Crippen MR) is 148 cm³/mol. The average Bonchev–Trinajstić information content (AvgIpc) is 3.32. The van der Waals surface area contributed by atoms with Gasteiger partial charge >= 0.3 is 5.97 Å². The molecule has 38 heavy (non-hydrogen) atoms. The minimum absolute atomic E-state index is 0.0232. The largest absolute Gasteiger partial charge is 0.493 e. The molecule has 0 aliphatic rings. The summed E-state index contributed by atoms with van der Waals surface area (Å²) < 4.78 is 18.8. The van der Waals surface area contributed by atoms with Crippen molar-refractivity contribution in [2.24, 2.45) is 0 Å². The monoisotopic (exact) mass is 554 g/mol. The Labute approximate surface area is 228 Å². The van der Waals surface area contributed by atoms with Crippen LogP contribution in [0.15, 0.2) is 59.7 Å². The molecule has 2 heterocycles. The van der Waals surface area contributed by atoms with E-state index in [1.165, 1.54) is 36.3 Å². The second kappa shape index (κ2) is 11.4. The number of rotatable bonds is 10. The zero-order valence-electron chi connectivity index (χ0n) is 21.4. The van der Waals surface area contributed by atoms with Crippen LogP contribution < -0.4 is 15.0 Å². The molecule has 0 unspecified atom stereocenters. The summed E-state index contributed by atoms with van der Waals surface area (Å²) in [5, 5.41) is 0.644. The van der Waals surface area contributed by atoms with Gasteiger partial charge in [-0.2, -0.15) is 0 Å². The highest BCUT2D eigenvalue weighted by Crippen LogP contribution is 2.33. The Morgan fingerprint density at radius 1 is 1.05 bits per heavy atom. The van der Waals surface area contributed by atoms with Crippen LogP contribution in [-0.4, -0.2) is 40.6 Å². The fourth-order valence-electron chi connectivity index (χ4n) is 3.70. The number of hydrogen-bond donors (Lipinski definition) is 0. The lowest BCUT2D eigenvalue weighted by atomic mass is 10.1. The first-order chi connectivity index (χ1) is 18.1. The van der Waals surface area contributed by atoms with Gasteiger partial charge in [0.25, 0.3) is 5.56 Å². The Kier molecular flexibility index (Phi) is 8.18. The summed E-state index contributed by atoms with van der Waals surface area (Å²) in [5.74, 6) is 0.287. The van der Waals surface area contributed by atoms with E-state index in [-0.39, 0.29) is 30.8 Å². The van der Waals surface area contributed by atoms with E-state index in [9.17, 15) is 14.4 Å². The third kappa shape index (κ3) is 6.41. The van der Waals surface area contributed by atoms with Crippen molar-refractivity contribution >= 4 is 44.9 Å². The lowest BCUT2D eigenvalue weighted by molar-refractivity contribution is -0.159. The number of methoxy groups -OCH3 is 1. The number of carbonyl (C=O) groups is 2. The van der Waals surface area contributed by atoms with Gasteiger partial charge in [-0.25, -0.2) is 4.98 Å². The average molecular weight is 555 g/mol. The molecule has 0 saturated heterocycles. The number of benzene rings is 2. The van der Waals surface area contributed by atoms with E-state index in [0.29, 0.717) is 32.4 Å². The smallest absolute Gasteiger partial charge is 0.306 e. The number of fused-ring (bicyclic) bond motifs is 1. The number of ketones is 1. The van der Waals surface area contributed by atoms with E-state index in [0.717, 1.165) is 10.4 Å². The molecule has 0 amide bonds. The first-order valence-electron chi connectivity index (χ1n) is 11.9. The highest BCUT2D eigenvalue weighted by molar-refractivity contribution is 7.22. The standard InChI is InChI=1S/C28H27ClN2O6S/c1-17(32)5-12-25(33)37-28(2,3)15-36-22-11-10-20(13-23(22)35-4)31-16-30-21-14-24(38-26(21)27(31)34)18-6-8-19(29)9-7-18/h6-11,13-14,16H,5,12,15H2,1-4H3. The van der Waals surface area contributed by atoms with Crippen LogP contribution >= 0.6 is 22.9 Å². The second-order valence-electron chi connectivity index (χ2n) is 9.31. The quantitative estimate of drug-likeness (QED) is 0.227. The van der Waals surface area contributed by atoms with Gasteiger partial charge in [0.05, 0.1) is 24.7 Å². The van der Waals surface area contributed by atoms with E-state index < -0.39 is 11.6 Å². The van der Waals surface area contributed by atoms with Crippen molar-refractivity contribution in [2.45, 2.75) is 39.2 Å². The number of halogens is 1. The Bertz CT molecular complexity index is 1540. The zero-order valence-corrected chi connectivity index (χ0v) is 23.0. The van der Waals surface area contributed by atoms with Crippen LogP contribution in [0.3, 0.4) is 0 Å². The normalized spacial score (nSPS) is 11.4. The molecule has 0 bridgehead atoms. The van der Waals surface area contributed by atoms with Gasteiger partial charge in [-0.3, -0.25) is 14.2 Å². The molecule has 0 aliphatic heterocycles. The highest BCUT2D eigenvalue weighted by Gasteiger charge is 2.25. The third-order valence-electron chi connectivity index (χ3n) is 5.64. The molecular formula is C28H27ClN2O6S. The van der Waals surface area contributed by atoms with E-state index in [1.807, 2.05) is 30.3 Å². The summed E-state index contributed by atoms with van der Waals surface area (Å²) in [7, 11) is 1.50. The van der Waals surface area contributed by atoms with Crippen molar-refractivity contribution in [3.63, 3.8) is 0 Å². The van der Waals surface area contributed by atoms with Crippen molar-refractivity contribution < 1.29 is 23.8 Å². The van der Waals surface area contributed by atoms with Gasteiger partial charge in [0.15, 0.2) is 11.5 Å². The van der Waals surface area contributed by atoms with Crippen molar-refractivity contribution in [1.29, 1.82) is 0 Å². The molecule has 2 aromatic heterocycles. The molecule has 0 radical (unpaired) electrons. The number of hydrogen-bond acceptors (Lipinski definition) is 8. The van der Waals surface area contributed by atoms with Crippen LogP contribution in [0.2, 0.25) is 5.02 Å². The van der Waals surface area contributed by atoms with Crippen LogP contribution in [0.1, 0.15) is 33.6 Å².